The molecule has 0 fully saturated rings. The van der Waals surface area contributed by atoms with Crippen molar-refractivity contribution in [2.45, 2.75) is 12.2 Å². The summed E-state index contributed by atoms with van der Waals surface area (Å²) in [7, 11) is 1.20. The van der Waals surface area contributed by atoms with Crippen LogP contribution in [-0.2, 0) is 11.2 Å². The lowest BCUT2D eigenvalue weighted by atomic mass is 10.0. The quantitative estimate of drug-likeness (QED) is 0.745. The number of rotatable bonds is 4. The first-order chi connectivity index (χ1) is 6.98. The van der Waals surface area contributed by atoms with Crippen LogP contribution >= 0.6 is 0 Å². The van der Waals surface area contributed by atoms with Gasteiger partial charge < -0.3 is 5.11 Å². The molecule has 0 saturated heterocycles. The Kier molecular flexibility index (Phi) is 3.36. The molecule has 0 aliphatic carbocycles. The van der Waals surface area contributed by atoms with Crippen molar-refractivity contribution >= 4 is 5.97 Å². The van der Waals surface area contributed by atoms with Gasteiger partial charge in [0.25, 0.3) is 5.79 Å². The molecule has 0 spiro atoms. The predicted molar refractivity (Wildman–Crippen MR) is 50.6 cm³/mol. The third kappa shape index (κ3) is 2.73. The van der Waals surface area contributed by atoms with E-state index in [1.54, 1.807) is 0 Å². The van der Waals surface area contributed by atoms with Gasteiger partial charge in [0, 0.05) is 6.42 Å². The molecule has 1 unspecified atom stereocenters. The second-order valence-corrected chi connectivity index (χ2v) is 3.16. The number of carboxylic acid groups (broad SMARTS) is 1. The largest absolute Gasteiger partial charge is 0.478 e. The van der Waals surface area contributed by atoms with Crippen LogP contribution in [0.3, 0.4) is 0 Å². The van der Waals surface area contributed by atoms with Crippen molar-refractivity contribution in [1.29, 1.82) is 0 Å². The van der Waals surface area contributed by atoms with E-state index >= 15 is 0 Å². The molecule has 0 saturated carbocycles. The minimum absolute atomic E-state index is 0.286. The van der Waals surface area contributed by atoms with Crippen molar-refractivity contribution in [2.75, 3.05) is 7.05 Å². The summed E-state index contributed by atoms with van der Waals surface area (Å²) in [6.07, 6.45) is -0.420. The van der Waals surface area contributed by atoms with Gasteiger partial charge in [-0.15, -0.1) is 0 Å². The maximum atomic E-state index is 13.6. The number of carbonyl (C=O) groups is 1. The highest BCUT2D eigenvalue weighted by atomic mass is 19.1. The zero-order chi connectivity index (χ0) is 11.5. The van der Waals surface area contributed by atoms with Gasteiger partial charge in [-0.05, 0) is 24.7 Å². The molecule has 1 rings (SSSR count). The Morgan fingerprint density at radius 1 is 1.60 bits per heavy atom. The van der Waals surface area contributed by atoms with Crippen molar-refractivity contribution in [1.82, 2.24) is 5.32 Å². The summed E-state index contributed by atoms with van der Waals surface area (Å²) in [6, 6.07) is 5.19. The average Bonchev–Trinajstić information content (AvgIpc) is 2.17. The number of benzene rings is 1. The van der Waals surface area contributed by atoms with Crippen LogP contribution < -0.4 is 5.32 Å². The molecule has 0 aliphatic heterocycles. The third-order valence-corrected chi connectivity index (χ3v) is 2.07. The van der Waals surface area contributed by atoms with E-state index in [4.69, 9.17) is 5.11 Å². The Balaban J connectivity index is 2.89. The van der Waals surface area contributed by atoms with E-state index in [0.29, 0.717) is 0 Å². The number of halogens is 2. The molecule has 0 aliphatic rings. The standard InChI is InChI=1S/C10H11F2NO2/c1-13-10(12,9(14)15)6-7-3-2-4-8(11)5-7/h2-5,13H,6H2,1H3,(H,14,15). The Hall–Kier alpha value is -1.49. The maximum absolute atomic E-state index is 13.6. The lowest BCUT2D eigenvalue weighted by Gasteiger charge is -2.19. The monoisotopic (exact) mass is 215 g/mol. The summed E-state index contributed by atoms with van der Waals surface area (Å²) in [6.45, 7) is 0. The molecule has 1 atom stereocenters. The minimum Gasteiger partial charge on any atom is -0.478 e. The van der Waals surface area contributed by atoms with Gasteiger partial charge in [0.2, 0.25) is 0 Å². The van der Waals surface area contributed by atoms with E-state index in [1.165, 1.54) is 25.2 Å². The summed E-state index contributed by atoms with van der Waals surface area (Å²) < 4.78 is 26.4. The van der Waals surface area contributed by atoms with Crippen LogP contribution in [-0.4, -0.2) is 23.9 Å². The van der Waals surface area contributed by atoms with Crippen molar-refractivity contribution < 1.29 is 18.7 Å². The second-order valence-electron chi connectivity index (χ2n) is 3.16. The Morgan fingerprint density at radius 3 is 2.73 bits per heavy atom. The first-order valence-corrected chi connectivity index (χ1v) is 4.33. The fourth-order valence-electron chi connectivity index (χ4n) is 1.20. The number of likely N-dealkylation sites (N-methyl/N-ethyl adjacent to an activating group) is 1. The first-order valence-electron chi connectivity index (χ1n) is 4.33. The second kappa shape index (κ2) is 4.35. The van der Waals surface area contributed by atoms with E-state index in [-0.39, 0.29) is 5.56 Å². The zero-order valence-electron chi connectivity index (χ0n) is 8.13. The molecule has 0 aromatic heterocycles. The van der Waals surface area contributed by atoms with E-state index < -0.39 is 24.0 Å². The minimum atomic E-state index is -2.56. The summed E-state index contributed by atoms with van der Waals surface area (Å²) in [4.78, 5) is 10.6. The van der Waals surface area contributed by atoms with Gasteiger partial charge in [0.15, 0.2) is 0 Å². The van der Waals surface area contributed by atoms with Crippen LogP contribution in [0.2, 0.25) is 0 Å². The molecule has 15 heavy (non-hydrogen) atoms. The fourth-order valence-corrected chi connectivity index (χ4v) is 1.20. The number of aliphatic carboxylic acids is 1. The molecule has 2 N–H and O–H groups in total. The Bertz CT molecular complexity index is 370. The van der Waals surface area contributed by atoms with Crippen LogP contribution in [0.1, 0.15) is 5.56 Å². The zero-order valence-corrected chi connectivity index (χ0v) is 8.13. The normalized spacial score (nSPS) is 14.6. The molecule has 82 valence electrons. The van der Waals surface area contributed by atoms with Crippen LogP contribution in [0.5, 0.6) is 0 Å². The highest BCUT2D eigenvalue weighted by molar-refractivity contribution is 5.77. The van der Waals surface area contributed by atoms with E-state index in [1.807, 2.05) is 0 Å². The summed E-state index contributed by atoms with van der Waals surface area (Å²) in [5, 5.41) is 10.7. The van der Waals surface area contributed by atoms with Gasteiger partial charge >= 0.3 is 5.97 Å². The maximum Gasteiger partial charge on any atom is 0.357 e. The van der Waals surface area contributed by atoms with Crippen LogP contribution in [0.25, 0.3) is 0 Å². The molecular weight excluding hydrogens is 204 g/mol. The summed E-state index contributed by atoms with van der Waals surface area (Å²) >= 11 is 0. The van der Waals surface area contributed by atoms with Crippen LogP contribution in [0.4, 0.5) is 8.78 Å². The summed E-state index contributed by atoms with van der Waals surface area (Å²) in [5.74, 6) is -4.70. The predicted octanol–water partition coefficient (Wildman–Crippen LogP) is 1.34. The molecule has 1 aromatic rings. The molecule has 0 radical (unpaired) electrons. The Labute approximate surface area is 85.7 Å². The van der Waals surface area contributed by atoms with Crippen LogP contribution in [0.15, 0.2) is 24.3 Å². The lowest BCUT2D eigenvalue weighted by molar-refractivity contribution is -0.152. The highest BCUT2D eigenvalue weighted by Gasteiger charge is 2.37. The van der Waals surface area contributed by atoms with Gasteiger partial charge in [0.1, 0.15) is 5.82 Å². The van der Waals surface area contributed by atoms with Crippen molar-refractivity contribution in [3.63, 3.8) is 0 Å². The molecule has 5 heteroatoms. The number of nitrogens with one attached hydrogen (secondary N) is 1. The Morgan fingerprint density at radius 2 is 2.27 bits per heavy atom. The van der Waals surface area contributed by atoms with Gasteiger partial charge in [0.05, 0.1) is 0 Å². The van der Waals surface area contributed by atoms with Gasteiger partial charge in [-0.1, -0.05) is 12.1 Å². The van der Waals surface area contributed by atoms with Crippen molar-refractivity contribution in [3.8, 4) is 0 Å². The smallest absolute Gasteiger partial charge is 0.357 e. The van der Waals surface area contributed by atoms with E-state index in [2.05, 4.69) is 5.32 Å². The number of carboxylic acids is 1. The lowest BCUT2D eigenvalue weighted by Crippen LogP contribution is -2.48. The van der Waals surface area contributed by atoms with E-state index in [0.717, 1.165) is 6.07 Å². The van der Waals surface area contributed by atoms with Gasteiger partial charge in [-0.3, -0.25) is 5.32 Å². The number of hydrogen-bond donors (Lipinski definition) is 2. The summed E-state index contributed by atoms with van der Waals surface area (Å²) in [5.41, 5.74) is 0.286. The highest BCUT2D eigenvalue weighted by Crippen LogP contribution is 2.16. The van der Waals surface area contributed by atoms with Crippen molar-refractivity contribution in [2.24, 2.45) is 0 Å². The number of alkyl halides is 1. The molecule has 0 amide bonds. The molecule has 0 bridgehead atoms. The third-order valence-electron chi connectivity index (χ3n) is 2.07. The van der Waals surface area contributed by atoms with Crippen molar-refractivity contribution in [3.05, 3.63) is 35.6 Å². The average molecular weight is 215 g/mol. The van der Waals surface area contributed by atoms with Gasteiger partial charge in [-0.25, -0.2) is 13.6 Å². The first kappa shape index (κ1) is 11.6. The molecule has 3 nitrogen and oxygen atoms in total. The molecule has 1 aromatic carbocycles. The van der Waals surface area contributed by atoms with E-state index in [9.17, 15) is 13.6 Å². The SMILES string of the molecule is CNC(F)(Cc1cccc(F)c1)C(=O)O. The topological polar surface area (TPSA) is 49.3 Å². The number of hydrogen-bond acceptors (Lipinski definition) is 2. The molecular formula is C10H11F2NO2. The fraction of sp³-hybridized carbons (Fsp3) is 0.300. The molecule has 0 heterocycles. The van der Waals surface area contributed by atoms with Crippen LogP contribution in [0, 0.1) is 5.82 Å². The van der Waals surface area contributed by atoms with Gasteiger partial charge in [-0.2, -0.15) is 0 Å².